The van der Waals surface area contributed by atoms with Gasteiger partial charge in [0.2, 0.25) is 0 Å². The molecule has 3 heteroatoms. The van der Waals surface area contributed by atoms with Gasteiger partial charge >= 0.3 is 0 Å². The predicted octanol–water partition coefficient (Wildman–Crippen LogP) is 3.58. The molecule has 1 aromatic carbocycles. The Hall–Kier alpha value is -1.90. The number of nitrogens with zero attached hydrogens (tertiary/aromatic N) is 2. The molecular formula is C16H21N3. The van der Waals surface area contributed by atoms with Crippen LogP contribution in [-0.2, 0) is 0 Å². The van der Waals surface area contributed by atoms with Crippen molar-refractivity contribution in [3.8, 4) is 11.3 Å². The van der Waals surface area contributed by atoms with Gasteiger partial charge in [-0.2, -0.15) is 0 Å². The number of anilines is 1. The van der Waals surface area contributed by atoms with Crippen molar-refractivity contribution < 1.29 is 0 Å². The van der Waals surface area contributed by atoms with Crippen molar-refractivity contribution in [1.29, 1.82) is 0 Å². The summed E-state index contributed by atoms with van der Waals surface area (Å²) in [6.45, 7) is 12.3. The zero-order valence-corrected chi connectivity index (χ0v) is 12.5. The molecule has 0 aliphatic rings. The second-order valence-corrected chi connectivity index (χ2v) is 5.25. The molecule has 100 valence electrons. The Labute approximate surface area is 114 Å². The Morgan fingerprint density at radius 3 is 1.89 bits per heavy atom. The van der Waals surface area contributed by atoms with Crippen LogP contribution in [0.5, 0.6) is 0 Å². The SMILES string of the molecule is Cc1nc(C)c(N)c(-c2c(C)c(C)cc(C)c2C)n1. The van der Waals surface area contributed by atoms with E-state index < -0.39 is 0 Å². The average molecular weight is 255 g/mol. The molecule has 19 heavy (non-hydrogen) atoms. The van der Waals surface area contributed by atoms with Gasteiger partial charge in [-0.25, -0.2) is 9.97 Å². The van der Waals surface area contributed by atoms with E-state index in [-0.39, 0.29) is 0 Å². The number of rotatable bonds is 1. The second kappa shape index (κ2) is 4.65. The fraction of sp³-hybridized carbons (Fsp3) is 0.375. The van der Waals surface area contributed by atoms with Gasteiger partial charge in [0.15, 0.2) is 0 Å². The molecule has 0 aliphatic carbocycles. The summed E-state index contributed by atoms with van der Waals surface area (Å²) in [5.74, 6) is 0.764. The number of aryl methyl sites for hydroxylation is 4. The van der Waals surface area contributed by atoms with Gasteiger partial charge in [0.1, 0.15) is 5.82 Å². The highest BCUT2D eigenvalue weighted by molar-refractivity contribution is 5.80. The summed E-state index contributed by atoms with van der Waals surface area (Å²) in [7, 11) is 0. The lowest BCUT2D eigenvalue weighted by molar-refractivity contribution is 1.02. The fourth-order valence-corrected chi connectivity index (χ4v) is 2.48. The zero-order valence-electron chi connectivity index (χ0n) is 12.5. The van der Waals surface area contributed by atoms with E-state index >= 15 is 0 Å². The van der Waals surface area contributed by atoms with Crippen molar-refractivity contribution >= 4 is 5.69 Å². The summed E-state index contributed by atoms with van der Waals surface area (Å²) < 4.78 is 0. The largest absolute Gasteiger partial charge is 0.395 e. The lowest BCUT2D eigenvalue weighted by Crippen LogP contribution is -2.05. The van der Waals surface area contributed by atoms with Crippen LogP contribution in [-0.4, -0.2) is 9.97 Å². The molecular weight excluding hydrogens is 234 g/mol. The van der Waals surface area contributed by atoms with Gasteiger partial charge in [-0.1, -0.05) is 6.07 Å². The third-order valence-corrected chi connectivity index (χ3v) is 3.85. The van der Waals surface area contributed by atoms with Gasteiger partial charge in [0, 0.05) is 5.56 Å². The fourth-order valence-electron chi connectivity index (χ4n) is 2.48. The van der Waals surface area contributed by atoms with E-state index in [4.69, 9.17) is 5.73 Å². The zero-order chi connectivity index (χ0) is 14.3. The number of hydrogen-bond donors (Lipinski definition) is 1. The normalized spacial score (nSPS) is 10.8. The summed E-state index contributed by atoms with van der Waals surface area (Å²) in [5.41, 5.74) is 14.8. The van der Waals surface area contributed by atoms with E-state index in [9.17, 15) is 0 Å². The summed E-state index contributed by atoms with van der Waals surface area (Å²) in [6, 6.07) is 2.21. The van der Waals surface area contributed by atoms with E-state index in [0.29, 0.717) is 5.69 Å². The molecule has 0 amide bonds. The number of benzene rings is 1. The van der Waals surface area contributed by atoms with Gasteiger partial charge in [-0.15, -0.1) is 0 Å². The van der Waals surface area contributed by atoms with Crippen molar-refractivity contribution in [2.75, 3.05) is 5.73 Å². The number of nitrogens with two attached hydrogens (primary N) is 1. The van der Waals surface area contributed by atoms with E-state index in [2.05, 4.69) is 43.7 Å². The van der Waals surface area contributed by atoms with Gasteiger partial charge in [0.05, 0.1) is 17.1 Å². The predicted molar refractivity (Wildman–Crippen MR) is 80.3 cm³/mol. The second-order valence-electron chi connectivity index (χ2n) is 5.25. The molecule has 1 aromatic heterocycles. The van der Waals surface area contributed by atoms with Crippen LogP contribution in [0.4, 0.5) is 5.69 Å². The number of nitrogen functional groups attached to an aromatic ring is 1. The van der Waals surface area contributed by atoms with Crippen LogP contribution in [0.1, 0.15) is 33.8 Å². The van der Waals surface area contributed by atoms with Crippen LogP contribution < -0.4 is 5.73 Å². The molecule has 2 N–H and O–H groups in total. The summed E-state index contributed by atoms with van der Waals surface area (Å²) in [4.78, 5) is 8.90. The van der Waals surface area contributed by atoms with Crippen molar-refractivity contribution in [3.05, 3.63) is 39.8 Å². The Bertz CT molecular complexity index is 632. The minimum atomic E-state index is 0.682. The highest BCUT2D eigenvalue weighted by Crippen LogP contribution is 2.34. The standard InChI is InChI=1S/C16H21N3/c1-8-7-9(2)11(4)14(10(8)3)16-15(17)12(5)18-13(6)19-16/h7H,17H2,1-6H3. The topological polar surface area (TPSA) is 51.8 Å². The maximum absolute atomic E-state index is 6.20. The molecule has 0 atom stereocenters. The van der Waals surface area contributed by atoms with E-state index in [1.807, 2.05) is 13.8 Å². The Kier molecular flexibility index (Phi) is 3.31. The Morgan fingerprint density at radius 1 is 0.842 bits per heavy atom. The smallest absolute Gasteiger partial charge is 0.126 e. The highest BCUT2D eigenvalue weighted by Gasteiger charge is 2.16. The first-order valence-corrected chi connectivity index (χ1v) is 6.51. The molecule has 0 saturated heterocycles. The van der Waals surface area contributed by atoms with Gasteiger partial charge < -0.3 is 5.73 Å². The summed E-state index contributed by atoms with van der Waals surface area (Å²) in [5, 5.41) is 0. The molecule has 2 aromatic rings. The first-order chi connectivity index (χ1) is 8.82. The molecule has 0 aliphatic heterocycles. The minimum absolute atomic E-state index is 0.682. The average Bonchev–Trinajstić information content (AvgIpc) is 2.33. The van der Waals surface area contributed by atoms with Crippen LogP contribution >= 0.6 is 0 Å². The summed E-state index contributed by atoms with van der Waals surface area (Å²) >= 11 is 0. The van der Waals surface area contributed by atoms with Crippen LogP contribution in [0.3, 0.4) is 0 Å². The molecule has 0 bridgehead atoms. The lowest BCUT2D eigenvalue weighted by Gasteiger charge is -2.17. The van der Waals surface area contributed by atoms with Crippen molar-refractivity contribution in [2.45, 2.75) is 41.5 Å². The first kappa shape index (κ1) is 13.5. The van der Waals surface area contributed by atoms with Crippen LogP contribution in [0, 0.1) is 41.5 Å². The third-order valence-electron chi connectivity index (χ3n) is 3.85. The molecule has 0 spiro atoms. The molecule has 0 unspecified atom stereocenters. The molecule has 1 heterocycles. The van der Waals surface area contributed by atoms with Gasteiger partial charge in [-0.3, -0.25) is 0 Å². The molecule has 3 nitrogen and oxygen atoms in total. The van der Waals surface area contributed by atoms with Crippen molar-refractivity contribution in [2.24, 2.45) is 0 Å². The molecule has 0 saturated carbocycles. The van der Waals surface area contributed by atoms with Gasteiger partial charge in [-0.05, 0) is 63.8 Å². The molecule has 0 radical (unpaired) electrons. The Morgan fingerprint density at radius 2 is 1.37 bits per heavy atom. The Balaban J connectivity index is 2.87. The monoisotopic (exact) mass is 255 g/mol. The third kappa shape index (κ3) is 2.21. The highest BCUT2D eigenvalue weighted by atomic mass is 14.9. The van der Waals surface area contributed by atoms with Crippen molar-refractivity contribution in [3.63, 3.8) is 0 Å². The van der Waals surface area contributed by atoms with Gasteiger partial charge in [0.25, 0.3) is 0 Å². The lowest BCUT2D eigenvalue weighted by atomic mass is 9.91. The minimum Gasteiger partial charge on any atom is -0.395 e. The number of aromatic nitrogens is 2. The maximum Gasteiger partial charge on any atom is 0.126 e. The van der Waals surface area contributed by atoms with E-state index in [1.54, 1.807) is 0 Å². The van der Waals surface area contributed by atoms with Crippen LogP contribution in [0.25, 0.3) is 11.3 Å². The summed E-state index contributed by atoms with van der Waals surface area (Å²) in [6.07, 6.45) is 0. The quantitative estimate of drug-likeness (QED) is 0.847. The molecule has 0 fully saturated rings. The maximum atomic E-state index is 6.20. The van der Waals surface area contributed by atoms with Crippen LogP contribution in [0.15, 0.2) is 6.07 Å². The number of hydrogen-bond acceptors (Lipinski definition) is 3. The van der Waals surface area contributed by atoms with E-state index in [0.717, 1.165) is 22.8 Å². The molecule has 2 rings (SSSR count). The van der Waals surface area contributed by atoms with Crippen molar-refractivity contribution in [1.82, 2.24) is 9.97 Å². The van der Waals surface area contributed by atoms with E-state index in [1.165, 1.54) is 22.3 Å². The van der Waals surface area contributed by atoms with Crippen LogP contribution in [0.2, 0.25) is 0 Å². The first-order valence-electron chi connectivity index (χ1n) is 6.51.